The summed E-state index contributed by atoms with van der Waals surface area (Å²) >= 11 is 1.47. The average Bonchev–Trinajstić information content (AvgIpc) is 3.02. The Morgan fingerprint density at radius 2 is 1.96 bits per heavy atom. The predicted molar refractivity (Wildman–Crippen MR) is 101 cm³/mol. The van der Waals surface area contributed by atoms with E-state index in [1.54, 1.807) is 0 Å². The van der Waals surface area contributed by atoms with Gasteiger partial charge in [-0.3, -0.25) is 15.0 Å². The van der Waals surface area contributed by atoms with Gasteiger partial charge < -0.3 is 4.74 Å². The van der Waals surface area contributed by atoms with Gasteiger partial charge in [-0.25, -0.2) is 4.98 Å². The summed E-state index contributed by atoms with van der Waals surface area (Å²) < 4.78 is 5.69. The van der Waals surface area contributed by atoms with Gasteiger partial charge in [-0.15, -0.1) is 11.3 Å². The number of ether oxygens (including phenoxy) is 1. The minimum absolute atomic E-state index is 0.00721. The third kappa shape index (κ3) is 5.03. The molecule has 1 aliphatic heterocycles. The van der Waals surface area contributed by atoms with Gasteiger partial charge in [-0.05, 0) is 50.9 Å². The van der Waals surface area contributed by atoms with E-state index in [1.807, 2.05) is 37.4 Å². The third-order valence-corrected chi connectivity index (χ3v) is 5.20. The van der Waals surface area contributed by atoms with E-state index in [2.05, 4.69) is 15.2 Å². The molecule has 6 heteroatoms. The molecule has 25 heavy (non-hydrogen) atoms. The number of piperidine rings is 1. The van der Waals surface area contributed by atoms with Crippen LogP contribution in [0, 0.1) is 13.8 Å². The molecule has 1 aliphatic rings. The van der Waals surface area contributed by atoms with Crippen LogP contribution >= 0.6 is 11.3 Å². The molecule has 5 nitrogen and oxygen atoms in total. The fourth-order valence-electron chi connectivity index (χ4n) is 3.10. The quantitative estimate of drug-likeness (QED) is 0.853. The minimum atomic E-state index is -0.179. The van der Waals surface area contributed by atoms with Crippen LogP contribution < -0.4 is 10.1 Å². The highest BCUT2D eigenvalue weighted by molar-refractivity contribution is 7.13. The normalized spacial score (nSPS) is 15.1. The van der Waals surface area contributed by atoms with Crippen LogP contribution in [-0.4, -0.2) is 35.5 Å². The first-order valence-electron chi connectivity index (χ1n) is 8.77. The van der Waals surface area contributed by atoms with Gasteiger partial charge in [0.15, 0.2) is 11.7 Å². The fraction of sp³-hybridized carbons (Fsp3) is 0.474. The van der Waals surface area contributed by atoms with Crippen molar-refractivity contribution in [1.82, 2.24) is 9.88 Å². The number of hydrogen-bond acceptors (Lipinski definition) is 5. The number of anilines is 1. The maximum Gasteiger partial charge on any atom is 0.264 e. The lowest BCUT2D eigenvalue weighted by Crippen LogP contribution is -2.29. The zero-order valence-corrected chi connectivity index (χ0v) is 15.7. The number of para-hydroxylation sites is 1. The van der Waals surface area contributed by atoms with Crippen LogP contribution in [0.25, 0.3) is 0 Å². The number of likely N-dealkylation sites (tertiary alicyclic amines) is 1. The van der Waals surface area contributed by atoms with Crippen molar-refractivity contribution in [2.75, 3.05) is 25.0 Å². The van der Waals surface area contributed by atoms with E-state index < -0.39 is 0 Å². The second-order valence-electron chi connectivity index (χ2n) is 6.54. The Labute approximate surface area is 153 Å². The van der Waals surface area contributed by atoms with E-state index in [0.29, 0.717) is 5.13 Å². The molecule has 0 bridgehead atoms. The van der Waals surface area contributed by atoms with E-state index in [4.69, 9.17) is 4.74 Å². The third-order valence-electron chi connectivity index (χ3n) is 4.39. The van der Waals surface area contributed by atoms with Crippen LogP contribution in [-0.2, 0) is 11.3 Å². The molecule has 0 saturated carbocycles. The second kappa shape index (κ2) is 8.45. The molecule has 134 valence electrons. The number of carbonyl (C=O) groups excluding carboxylic acids is 1. The van der Waals surface area contributed by atoms with E-state index in [0.717, 1.165) is 42.2 Å². The molecule has 1 aromatic carbocycles. The van der Waals surface area contributed by atoms with Crippen LogP contribution in [0.3, 0.4) is 0 Å². The molecule has 1 saturated heterocycles. The highest BCUT2D eigenvalue weighted by atomic mass is 32.1. The lowest BCUT2D eigenvalue weighted by atomic mass is 10.1. The van der Waals surface area contributed by atoms with Crippen molar-refractivity contribution < 1.29 is 9.53 Å². The molecule has 0 spiro atoms. The lowest BCUT2D eigenvalue weighted by molar-refractivity contribution is -0.118. The molecule has 1 N–H and O–H groups in total. The second-order valence-corrected chi connectivity index (χ2v) is 7.40. The Hall–Kier alpha value is -1.92. The smallest absolute Gasteiger partial charge is 0.264 e. The fourth-order valence-corrected chi connectivity index (χ4v) is 3.82. The van der Waals surface area contributed by atoms with Crippen LogP contribution in [0.5, 0.6) is 5.75 Å². The van der Waals surface area contributed by atoms with Crippen LogP contribution in [0.4, 0.5) is 5.13 Å². The number of amides is 1. The molecular weight excluding hydrogens is 334 g/mol. The van der Waals surface area contributed by atoms with Crippen molar-refractivity contribution in [2.24, 2.45) is 0 Å². The highest BCUT2D eigenvalue weighted by Gasteiger charge is 2.14. The summed E-state index contributed by atoms with van der Waals surface area (Å²) in [7, 11) is 0. The number of benzene rings is 1. The monoisotopic (exact) mass is 359 g/mol. The van der Waals surface area contributed by atoms with Gasteiger partial charge in [0.2, 0.25) is 0 Å². The van der Waals surface area contributed by atoms with E-state index in [9.17, 15) is 4.79 Å². The van der Waals surface area contributed by atoms with E-state index in [-0.39, 0.29) is 12.5 Å². The summed E-state index contributed by atoms with van der Waals surface area (Å²) in [4.78, 5) is 19.1. The Kier molecular flexibility index (Phi) is 6.04. The van der Waals surface area contributed by atoms with Gasteiger partial charge in [-0.2, -0.15) is 0 Å². The number of aryl methyl sites for hydroxylation is 2. The van der Waals surface area contributed by atoms with Crippen molar-refractivity contribution >= 4 is 22.4 Å². The maximum atomic E-state index is 12.1. The van der Waals surface area contributed by atoms with Crippen molar-refractivity contribution in [2.45, 2.75) is 39.7 Å². The molecule has 0 atom stereocenters. The Morgan fingerprint density at radius 1 is 1.24 bits per heavy atom. The molecule has 0 radical (unpaired) electrons. The summed E-state index contributed by atoms with van der Waals surface area (Å²) in [6.07, 6.45) is 3.86. The highest BCUT2D eigenvalue weighted by Crippen LogP contribution is 2.22. The van der Waals surface area contributed by atoms with Gasteiger partial charge in [-0.1, -0.05) is 24.6 Å². The van der Waals surface area contributed by atoms with E-state index >= 15 is 0 Å². The number of nitrogens with one attached hydrogen (secondary N) is 1. The number of hydrogen-bond donors (Lipinski definition) is 1. The number of carbonyl (C=O) groups is 1. The van der Waals surface area contributed by atoms with Gasteiger partial charge in [0, 0.05) is 11.9 Å². The Bertz CT molecular complexity index is 703. The zero-order chi connectivity index (χ0) is 17.6. The number of thiazole rings is 1. The van der Waals surface area contributed by atoms with Crippen molar-refractivity contribution in [3.8, 4) is 5.75 Å². The first kappa shape index (κ1) is 17.9. The molecule has 2 aromatic rings. The molecule has 1 amide bonds. The molecule has 0 aliphatic carbocycles. The first-order chi connectivity index (χ1) is 12.1. The van der Waals surface area contributed by atoms with Gasteiger partial charge in [0.05, 0.1) is 5.69 Å². The van der Waals surface area contributed by atoms with Gasteiger partial charge in [0.1, 0.15) is 5.75 Å². The van der Waals surface area contributed by atoms with Crippen LogP contribution in [0.1, 0.15) is 36.1 Å². The molecule has 1 fully saturated rings. The largest absolute Gasteiger partial charge is 0.483 e. The molecule has 2 heterocycles. The molecule has 3 rings (SSSR count). The topological polar surface area (TPSA) is 54.5 Å². The summed E-state index contributed by atoms with van der Waals surface area (Å²) in [5, 5.41) is 5.50. The van der Waals surface area contributed by atoms with Crippen LogP contribution in [0.15, 0.2) is 23.6 Å². The van der Waals surface area contributed by atoms with Crippen LogP contribution in [0.2, 0.25) is 0 Å². The zero-order valence-electron chi connectivity index (χ0n) is 14.9. The molecule has 1 aromatic heterocycles. The number of aromatic nitrogens is 1. The summed E-state index contributed by atoms with van der Waals surface area (Å²) in [6.45, 7) is 7.10. The Morgan fingerprint density at radius 3 is 2.68 bits per heavy atom. The number of rotatable bonds is 6. The number of nitrogens with zero attached hydrogens (tertiary/aromatic N) is 2. The minimum Gasteiger partial charge on any atom is -0.483 e. The average molecular weight is 359 g/mol. The predicted octanol–water partition coefficient (Wildman–Crippen LogP) is 3.76. The standard InChI is InChI=1S/C19H25N3O2S/c1-14-7-6-8-15(2)18(14)24-12-17(23)21-19-20-16(13-25-19)11-22-9-4-3-5-10-22/h6-8,13H,3-5,9-12H2,1-2H3,(H,20,21,23). The van der Waals surface area contributed by atoms with E-state index in [1.165, 1.54) is 30.6 Å². The molecular formula is C19H25N3O2S. The van der Waals surface area contributed by atoms with Gasteiger partial charge >= 0.3 is 0 Å². The van der Waals surface area contributed by atoms with Crippen molar-refractivity contribution in [1.29, 1.82) is 0 Å². The lowest BCUT2D eigenvalue weighted by Gasteiger charge is -2.25. The molecule has 0 unspecified atom stereocenters. The first-order valence-corrected chi connectivity index (χ1v) is 9.65. The Balaban J connectivity index is 1.49. The maximum absolute atomic E-state index is 12.1. The van der Waals surface area contributed by atoms with Crippen molar-refractivity contribution in [3.05, 3.63) is 40.4 Å². The van der Waals surface area contributed by atoms with Crippen molar-refractivity contribution in [3.63, 3.8) is 0 Å². The summed E-state index contributed by atoms with van der Waals surface area (Å²) in [5.74, 6) is 0.601. The van der Waals surface area contributed by atoms with Gasteiger partial charge in [0.25, 0.3) is 5.91 Å². The summed E-state index contributed by atoms with van der Waals surface area (Å²) in [5.41, 5.74) is 3.09. The SMILES string of the molecule is Cc1cccc(C)c1OCC(=O)Nc1nc(CN2CCCCC2)cs1. The summed E-state index contributed by atoms with van der Waals surface area (Å²) in [6, 6.07) is 5.94.